The lowest BCUT2D eigenvalue weighted by molar-refractivity contribution is -0.129. The molecule has 6 N–H and O–H groups in total. The molecule has 0 bridgehead atoms. The molecule has 0 unspecified atom stereocenters. The van der Waals surface area contributed by atoms with E-state index in [0.29, 0.717) is 5.56 Å². The van der Waals surface area contributed by atoms with Crippen LogP contribution >= 0.6 is 11.8 Å². The number of cyclic esters (lactones) is 1. The molecule has 0 aliphatic carbocycles. The number of aromatic nitrogens is 2. The number of nitrogens with zero attached hydrogens (tertiary/aromatic N) is 3. The van der Waals surface area contributed by atoms with Gasteiger partial charge >= 0.3 is 18.2 Å². The Bertz CT molecular complexity index is 1400. The van der Waals surface area contributed by atoms with Gasteiger partial charge in [0, 0.05) is 12.6 Å². The normalized spacial score (nSPS) is 18.4. The number of carbonyl (C=O) groups excluding carboxylic acids is 5. The lowest BCUT2D eigenvalue weighted by atomic mass is 10.0. The third-order valence-corrected chi connectivity index (χ3v) is 7.52. The van der Waals surface area contributed by atoms with Crippen molar-refractivity contribution >= 4 is 47.5 Å². The largest absolute Gasteiger partial charge is 0.461 e. The van der Waals surface area contributed by atoms with Gasteiger partial charge in [0.2, 0.25) is 11.8 Å². The predicted molar refractivity (Wildman–Crippen MR) is 165 cm³/mol. The summed E-state index contributed by atoms with van der Waals surface area (Å²) in [5, 5.41) is 4.29. The highest BCUT2D eigenvalue weighted by Gasteiger charge is 2.47. The van der Waals surface area contributed by atoms with E-state index in [0.717, 1.165) is 16.7 Å². The Morgan fingerprint density at radius 2 is 1.82 bits per heavy atom. The number of esters is 1. The number of anilines is 1. The number of nitrogens with two attached hydrogens (primary N) is 2. The SMILES string of the molecule is CCOC(=O)c1cc(N)nc([C@@H](NC[C@H](NC(=O)OC(C)(C)C)C(N)=O)[C@@H](SC)C(=O)N2C(=O)O[C@H](c3ccccc3)[C@@H]2C)n1. The highest BCUT2D eigenvalue weighted by molar-refractivity contribution is 8.00. The summed E-state index contributed by atoms with van der Waals surface area (Å²) in [5.74, 6) is -2.54. The Morgan fingerprint density at radius 3 is 2.40 bits per heavy atom. The lowest BCUT2D eigenvalue weighted by Crippen LogP contribution is -2.54. The van der Waals surface area contributed by atoms with Crippen LogP contribution in [0, 0.1) is 0 Å². The quantitative estimate of drug-likeness (QED) is 0.192. The smallest absolute Gasteiger partial charge is 0.417 e. The summed E-state index contributed by atoms with van der Waals surface area (Å²) in [5.41, 5.74) is 11.3. The zero-order chi connectivity index (χ0) is 33.5. The average Bonchev–Trinajstić information content (AvgIpc) is 3.26. The molecule has 2 heterocycles. The number of hydrogen-bond donors (Lipinski definition) is 4. The molecule has 0 spiro atoms. The molecule has 15 nitrogen and oxygen atoms in total. The molecule has 45 heavy (non-hydrogen) atoms. The minimum absolute atomic E-state index is 0.0693. The maximum Gasteiger partial charge on any atom is 0.417 e. The van der Waals surface area contributed by atoms with E-state index in [4.69, 9.17) is 25.7 Å². The number of thioether (sulfide) groups is 1. The van der Waals surface area contributed by atoms with Crippen molar-refractivity contribution < 1.29 is 38.2 Å². The molecule has 5 atom stereocenters. The number of rotatable bonds is 12. The molecule has 244 valence electrons. The Hall–Kier alpha value is -4.44. The van der Waals surface area contributed by atoms with Crippen LogP contribution in [0.5, 0.6) is 0 Å². The molecule has 1 fully saturated rings. The topological polar surface area (TPSA) is 218 Å². The van der Waals surface area contributed by atoms with Gasteiger partial charge in [0.05, 0.1) is 18.7 Å². The Kier molecular flexibility index (Phi) is 11.7. The molecule has 0 radical (unpaired) electrons. The summed E-state index contributed by atoms with van der Waals surface area (Å²) in [7, 11) is 0. The highest BCUT2D eigenvalue weighted by Crippen LogP contribution is 2.35. The summed E-state index contributed by atoms with van der Waals surface area (Å²) >= 11 is 1.05. The number of ether oxygens (including phenoxy) is 3. The van der Waals surface area contributed by atoms with Crippen molar-refractivity contribution in [1.29, 1.82) is 0 Å². The van der Waals surface area contributed by atoms with Crippen molar-refractivity contribution in [1.82, 2.24) is 25.5 Å². The van der Waals surface area contributed by atoms with E-state index in [1.165, 1.54) is 6.07 Å². The van der Waals surface area contributed by atoms with Gasteiger partial charge < -0.3 is 36.3 Å². The minimum atomic E-state index is -1.30. The maximum atomic E-state index is 14.1. The van der Waals surface area contributed by atoms with Crippen LogP contribution in [-0.2, 0) is 23.8 Å². The van der Waals surface area contributed by atoms with E-state index in [1.54, 1.807) is 65.1 Å². The van der Waals surface area contributed by atoms with Crippen LogP contribution in [0.25, 0.3) is 0 Å². The van der Waals surface area contributed by atoms with Crippen molar-refractivity contribution in [3.8, 4) is 0 Å². The number of hydrogen-bond acceptors (Lipinski definition) is 13. The van der Waals surface area contributed by atoms with E-state index in [-0.39, 0.29) is 30.5 Å². The van der Waals surface area contributed by atoms with Crippen LogP contribution in [0.2, 0.25) is 0 Å². The number of imide groups is 1. The number of amides is 4. The number of nitrogen functional groups attached to an aromatic ring is 1. The number of nitrogens with one attached hydrogen (secondary N) is 2. The van der Waals surface area contributed by atoms with Crippen molar-refractivity contribution in [3.63, 3.8) is 0 Å². The van der Waals surface area contributed by atoms with Crippen molar-refractivity contribution in [2.75, 3.05) is 25.1 Å². The first-order valence-corrected chi connectivity index (χ1v) is 15.4. The van der Waals surface area contributed by atoms with Gasteiger partial charge in [0.1, 0.15) is 34.6 Å². The second-order valence-electron chi connectivity index (χ2n) is 11.1. The van der Waals surface area contributed by atoms with Crippen LogP contribution in [-0.4, -0.2) is 87.2 Å². The first kappa shape index (κ1) is 35.0. The van der Waals surface area contributed by atoms with Crippen LogP contribution in [0.15, 0.2) is 36.4 Å². The van der Waals surface area contributed by atoms with Crippen LogP contribution < -0.4 is 22.1 Å². The summed E-state index contributed by atoms with van der Waals surface area (Å²) in [6, 6.07) is 7.05. The number of carbonyl (C=O) groups is 5. The van der Waals surface area contributed by atoms with Gasteiger partial charge in [-0.3, -0.25) is 9.59 Å². The van der Waals surface area contributed by atoms with E-state index in [1.807, 2.05) is 6.07 Å². The summed E-state index contributed by atoms with van der Waals surface area (Å²) in [6.07, 6.45) is -0.831. The molecule has 0 saturated carbocycles. The molecule has 1 aromatic carbocycles. The van der Waals surface area contributed by atoms with Crippen LogP contribution in [0.4, 0.5) is 15.4 Å². The minimum Gasteiger partial charge on any atom is -0.461 e. The number of alkyl carbamates (subject to hydrolysis) is 1. The van der Waals surface area contributed by atoms with Gasteiger partial charge in [-0.25, -0.2) is 29.3 Å². The van der Waals surface area contributed by atoms with Crippen LogP contribution in [0.1, 0.15) is 68.6 Å². The standard InChI is InChI=1S/C29H39N7O8S/c1-7-42-26(39)17-13-19(30)35-24(33-17)20(32-14-18(23(31)37)34-27(40)44-29(3,4)5)22(45-6)25(38)36-15(2)21(43-28(36)41)16-11-9-8-10-12-16/h8-13,15,18,20-22,32H,7,14H2,1-6H3,(H2,31,37)(H,34,40)(H2,30,33,35)/t15-,18-,20-,21-,22+/m0/s1. The summed E-state index contributed by atoms with van der Waals surface area (Å²) in [4.78, 5) is 74.0. The number of primary amides is 1. The first-order valence-electron chi connectivity index (χ1n) is 14.1. The maximum absolute atomic E-state index is 14.1. The molecule has 1 aliphatic heterocycles. The zero-order valence-electron chi connectivity index (χ0n) is 25.9. The van der Waals surface area contributed by atoms with Gasteiger partial charge in [-0.05, 0) is 46.4 Å². The molecule has 4 amide bonds. The first-order chi connectivity index (χ1) is 21.2. The zero-order valence-corrected chi connectivity index (χ0v) is 26.8. The van der Waals surface area contributed by atoms with Crippen LogP contribution in [0.3, 0.4) is 0 Å². The van der Waals surface area contributed by atoms with E-state index >= 15 is 0 Å². The monoisotopic (exact) mass is 645 g/mol. The molecule has 16 heteroatoms. The molecule has 3 rings (SSSR count). The Balaban J connectivity index is 1.99. The van der Waals surface area contributed by atoms with Gasteiger partial charge in [-0.15, -0.1) is 11.8 Å². The van der Waals surface area contributed by atoms with Gasteiger partial charge in [-0.2, -0.15) is 0 Å². The third-order valence-electron chi connectivity index (χ3n) is 6.54. The predicted octanol–water partition coefficient (Wildman–Crippen LogP) is 2.09. The average molecular weight is 646 g/mol. The van der Waals surface area contributed by atoms with E-state index in [2.05, 4.69) is 20.6 Å². The molecule has 1 aromatic heterocycles. The summed E-state index contributed by atoms with van der Waals surface area (Å²) in [6.45, 7) is 8.02. The Morgan fingerprint density at radius 1 is 1.16 bits per heavy atom. The van der Waals surface area contributed by atoms with Crippen molar-refractivity contribution in [2.24, 2.45) is 5.73 Å². The third kappa shape index (κ3) is 9.04. The molecular weight excluding hydrogens is 606 g/mol. The second kappa shape index (κ2) is 15.0. The highest BCUT2D eigenvalue weighted by atomic mass is 32.2. The second-order valence-corrected chi connectivity index (χ2v) is 12.0. The van der Waals surface area contributed by atoms with Gasteiger partial charge in [-0.1, -0.05) is 30.3 Å². The molecule has 1 aliphatic rings. The van der Waals surface area contributed by atoms with E-state index < -0.39 is 65.1 Å². The lowest BCUT2D eigenvalue weighted by Gasteiger charge is -2.30. The van der Waals surface area contributed by atoms with Crippen molar-refractivity contribution in [3.05, 3.63) is 53.5 Å². The molecular formula is C29H39N7O8S. The van der Waals surface area contributed by atoms with Gasteiger partial charge in [0.25, 0.3) is 0 Å². The number of benzene rings is 1. The fourth-order valence-electron chi connectivity index (χ4n) is 4.55. The van der Waals surface area contributed by atoms with Gasteiger partial charge in [0.15, 0.2) is 5.69 Å². The fourth-order valence-corrected chi connectivity index (χ4v) is 5.35. The van der Waals surface area contributed by atoms with E-state index in [9.17, 15) is 24.0 Å². The fraction of sp³-hybridized carbons (Fsp3) is 0.483. The summed E-state index contributed by atoms with van der Waals surface area (Å²) < 4.78 is 15.9. The molecule has 2 aromatic rings. The Labute approximate surface area is 265 Å². The van der Waals surface area contributed by atoms with Crippen molar-refractivity contribution in [2.45, 2.75) is 69.7 Å². The molecule has 1 saturated heterocycles.